The van der Waals surface area contributed by atoms with Gasteiger partial charge in [-0.15, -0.1) is 11.8 Å². The Morgan fingerprint density at radius 2 is 2.00 bits per heavy atom. The number of amides is 2. The Hall–Kier alpha value is -2.09. The summed E-state index contributed by atoms with van der Waals surface area (Å²) in [5.74, 6) is -0.848. The van der Waals surface area contributed by atoms with Gasteiger partial charge in [-0.25, -0.2) is 4.39 Å². The van der Waals surface area contributed by atoms with Gasteiger partial charge in [0.1, 0.15) is 5.82 Å². The number of thioether (sulfide) groups is 1. The largest absolute Gasteiger partial charge is 0.383 e. The average Bonchev–Trinajstić information content (AvgIpc) is 2.62. The Labute approximate surface area is 160 Å². The number of carbonyl (C=O) groups excluding carboxylic acids is 2. The maximum absolute atomic E-state index is 13.1. The van der Waals surface area contributed by atoms with Gasteiger partial charge in [0.2, 0.25) is 5.91 Å². The number of benzene rings is 2. The fraction of sp³-hybridized carbons (Fsp3) is 0.222. The van der Waals surface area contributed by atoms with Crippen molar-refractivity contribution in [3.05, 3.63) is 58.9 Å². The molecule has 0 atom stereocenters. The van der Waals surface area contributed by atoms with Crippen molar-refractivity contribution in [2.45, 2.75) is 4.90 Å². The minimum absolute atomic E-state index is 0.112. The van der Waals surface area contributed by atoms with E-state index in [-0.39, 0.29) is 22.6 Å². The number of ether oxygens (including phenoxy) is 1. The number of rotatable bonds is 8. The van der Waals surface area contributed by atoms with E-state index in [9.17, 15) is 14.0 Å². The molecule has 0 radical (unpaired) electrons. The highest BCUT2D eigenvalue weighted by Crippen LogP contribution is 2.26. The highest BCUT2D eigenvalue weighted by molar-refractivity contribution is 8.00. The molecule has 0 bridgehead atoms. The van der Waals surface area contributed by atoms with Crippen molar-refractivity contribution in [2.24, 2.45) is 0 Å². The van der Waals surface area contributed by atoms with Crippen LogP contribution in [0.2, 0.25) is 5.02 Å². The van der Waals surface area contributed by atoms with Crippen LogP contribution in [-0.2, 0) is 9.53 Å². The second-order valence-electron chi connectivity index (χ2n) is 5.21. The van der Waals surface area contributed by atoms with E-state index >= 15 is 0 Å². The third-order valence-electron chi connectivity index (χ3n) is 3.30. The molecule has 0 aliphatic rings. The van der Waals surface area contributed by atoms with E-state index in [0.29, 0.717) is 29.3 Å². The predicted octanol–water partition coefficient (Wildman–Crippen LogP) is 3.59. The van der Waals surface area contributed by atoms with Crippen LogP contribution in [0.5, 0.6) is 0 Å². The first kappa shape index (κ1) is 20.2. The van der Waals surface area contributed by atoms with Crippen LogP contribution in [0.3, 0.4) is 0 Å². The zero-order chi connectivity index (χ0) is 18.9. The van der Waals surface area contributed by atoms with E-state index in [1.165, 1.54) is 23.9 Å². The SMILES string of the molecule is COCCNC(=O)CSc1ccccc1C(=O)Nc1ccc(F)cc1Cl. The smallest absolute Gasteiger partial charge is 0.256 e. The number of anilines is 1. The zero-order valence-electron chi connectivity index (χ0n) is 14.1. The molecule has 0 fully saturated rings. The van der Waals surface area contributed by atoms with Crippen molar-refractivity contribution in [1.82, 2.24) is 5.32 Å². The molecule has 8 heteroatoms. The molecule has 5 nitrogen and oxygen atoms in total. The van der Waals surface area contributed by atoms with Gasteiger partial charge in [-0.05, 0) is 30.3 Å². The maximum Gasteiger partial charge on any atom is 0.256 e. The summed E-state index contributed by atoms with van der Waals surface area (Å²) in [6.45, 7) is 0.870. The van der Waals surface area contributed by atoms with E-state index < -0.39 is 5.82 Å². The zero-order valence-corrected chi connectivity index (χ0v) is 15.6. The van der Waals surface area contributed by atoms with E-state index in [1.807, 2.05) is 0 Å². The normalized spacial score (nSPS) is 10.4. The summed E-state index contributed by atoms with van der Waals surface area (Å²) in [5, 5.41) is 5.48. The lowest BCUT2D eigenvalue weighted by molar-refractivity contribution is -0.118. The summed E-state index contributed by atoms with van der Waals surface area (Å²) < 4.78 is 18.0. The number of hydrogen-bond acceptors (Lipinski definition) is 4. The molecule has 0 saturated carbocycles. The van der Waals surface area contributed by atoms with Gasteiger partial charge in [0.05, 0.1) is 28.6 Å². The maximum atomic E-state index is 13.1. The quantitative estimate of drug-likeness (QED) is 0.528. The number of nitrogens with one attached hydrogen (secondary N) is 2. The summed E-state index contributed by atoms with van der Waals surface area (Å²) in [7, 11) is 1.56. The summed E-state index contributed by atoms with van der Waals surface area (Å²) in [6, 6.07) is 10.7. The molecule has 0 aromatic heterocycles. The monoisotopic (exact) mass is 396 g/mol. The van der Waals surface area contributed by atoms with Crippen LogP contribution >= 0.6 is 23.4 Å². The van der Waals surface area contributed by atoms with Crippen LogP contribution < -0.4 is 10.6 Å². The van der Waals surface area contributed by atoms with E-state index in [1.54, 1.807) is 31.4 Å². The fourth-order valence-corrected chi connectivity index (χ4v) is 3.14. The average molecular weight is 397 g/mol. The van der Waals surface area contributed by atoms with Crippen LogP contribution in [0.4, 0.5) is 10.1 Å². The summed E-state index contributed by atoms with van der Waals surface area (Å²) in [4.78, 5) is 25.0. The molecule has 0 aliphatic heterocycles. The van der Waals surface area contributed by atoms with Crippen LogP contribution in [0.15, 0.2) is 47.4 Å². The van der Waals surface area contributed by atoms with Gasteiger partial charge in [-0.1, -0.05) is 23.7 Å². The highest BCUT2D eigenvalue weighted by Gasteiger charge is 2.14. The van der Waals surface area contributed by atoms with Gasteiger partial charge >= 0.3 is 0 Å². The van der Waals surface area contributed by atoms with Gasteiger partial charge < -0.3 is 15.4 Å². The third-order valence-corrected chi connectivity index (χ3v) is 4.68. The molecule has 0 aliphatic carbocycles. The van der Waals surface area contributed by atoms with Gasteiger partial charge in [-0.2, -0.15) is 0 Å². The lowest BCUT2D eigenvalue weighted by Crippen LogP contribution is -2.28. The van der Waals surface area contributed by atoms with Crippen molar-refractivity contribution in [3.63, 3.8) is 0 Å². The molecule has 0 spiro atoms. The Balaban J connectivity index is 2.03. The lowest BCUT2D eigenvalue weighted by atomic mass is 10.2. The number of methoxy groups -OCH3 is 1. The molecule has 2 aromatic rings. The Bertz CT molecular complexity index is 789. The molecule has 138 valence electrons. The van der Waals surface area contributed by atoms with Gasteiger partial charge in [0, 0.05) is 18.6 Å². The topological polar surface area (TPSA) is 67.4 Å². The Morgan fingerprint density at radius 3 is 2.73 bits per heavy atom. The molecular formula is C18H18ClFN2O3S. The number of hydrogen-bond donors (Lipinski definition) is 2. The van der Waals surface area contributed by atoms with Crippen molar-refractivity contribution in [3.8, 4) is 0 Å². The van der Waals surface area contributed by atoms with Crippen LogP contribution in [-0.4, -0.2) is 37.8 Å². The first-order valence-corrected chi connectivity index (χ1v) is 9.11. The number of carbonyl (C=O) groups is 2. The second-order valence-corrected chi connectivity index (χ2v) is 6.63. The molecule has 0 saturated heterocycles. The second kappa shape index (κ2) is 10.2. The molecule has 0 heterocycles. The van der Waals surface area contributed by atoms with E-state index in [0.717, 1.165) is 6.07 Å². The summed E-state index contributed by atoms with van der Waals surface area (Å²) in [6.07, 6.45) is 0. The summed E-state index contributed by atoms with van der Waals surface area (Å²) >= 11 is 7.19. The molecule has 26 heavy (non-hydrogen) atoms. The van der Waals surface area contributed by atoms with Crippen molar-refractivity contribution >= 4 is 40.9 Å². The first-order chi connectivity index (χ1) is 12.5. The lowest BCUT2D eigenvalue weighted by Gasteiger charge is -2.11. The first-order valence-electron chi connectivity index (χ1n) is 7.75. The van der Waals surface area contributed by atoms with Gasteiger partial charge in [0.25, 0.3) is 5.91 Å². The molecule has 0 unspecified atom stereocenters. The van der Waals surface area contributed by atoms with Crippen LogP contribution in [0.1, 0.15) is 10.4 Å². The van der Waals surface area contributed by atoms with Gasteiger partial charge in [-0.3, -0.25) is 9.59 Å². The standard InChI is InChI=1S/C18H18ClFN2O3S/c1-25-9-8-21-17(23)11-26-16-5-3-2-4-13(16)18(24)22-15-7-6-12(20)10-14(15)19/h2-7,10H,8-9,11H2,1H3,(H,21,23)(H,22,24). The van der Waals surface area contributed by atoms with Gasteiger partial charge in [0.15, 0.2) is 0 Å². The molecule has 2 N–H and O–H groups in total. The van der Waals surface area contributed by atoms with Crippen LogP contribution in [0, 0.1) is 5.82 Å². The highest BCUT2D eigenvalue weighted by atomic mass is 35.5. The Kier molecular flexibility index (Phi) is 7.90. The minimum atomic E-state index is -0.483. The van der Waals surface area contributed by atoms with Crippen molar-refractivity contribution in [2.75, 3.05) is 31.3 Å². The Morgan fingerprint density at radius 1 is 1.23 bits per heavy atom. The molecule has 2 amide bonds. The third kappa shape index (κ3) is 6.01. The molecule has 2 rings (SSSR count). The predicted molar refractivity (Wildman–Crippen MR) is 101 cm³/mol. The van der Waals surface area contributed by atoms with Crippen molar-refractivity contribution in [1.29, 1.82) is 0 Å². The van der Waals surface area contributed by atoms with Crippen LogP contribution in [0.25, 0.3) is 0 Å². The van der Waals surface area contributed by atoms with E-state index in [4.69, 9.17) is 16.3 Å². The fourth-order valence-electron chi connectivity index (χ4n) is 2.05. The molecule has 2 aromatic carbocycles. The number of halogens is 2. The summed E-state index contributed by atoms with van der Waals surface area (Å²) in [5.41, 5.74) is 0.720. The minimum Gasteiger partial charge on any atom is -0.383 e. The van der Waals surface area contributed by atoms with E-state index in [2.05, 4.69) is 10.6 Å². The van der Waals surface area contributed by atoms with Crippen molar-refractivity contribution < 1.29 is 18.7 Å². The molecular weight excluding hydrogens is 379 g/mol.